The quantitative estimate of drug-likeness (QED) is 0.675. The number of carbonyl (C=O) groups is 1. The molecule has 1 aliphatic carbocycles. The zero-order chi connectivity index (χ0) is 14.6. The van der Waals surface area contributed by atoms with E-state index in [1.807, 2.05) is 6.92 Å². The van der Waals surface area contributed by atoms with Gasteiger partial charge in [0.2, 0.25) is 0 Å². The van der Waals surface area contributed by atoms with Crippen LogP contribution in [0.2, 0.25) is 0 Å². The maximum atomic E-state index is 11.5. The molecule has 0 amide bonds. The molecule has 2 N–H and O–H groups in total. The minimum absolute atomic E-state index is 0.278. The molecule has 4 heteroatoms. The fourth-order valence-electron chi connectivity index (χ4n) is 2.83. The van der Waals surface area contributed by atoms with Gasteiger partial charge in [-0.3, -0.25) is 9.69 Å². The highest BCUT2D eigenvalue weighted by Gasteiger charge is 2.37. The molecule has 0 aliphatic heterocycles. The largest absolute Gasteiger partial charge is 0.480 e. The first-order valence-electron chi connectivity index (χ1n) is 7.54. The summed E-state index contributed by atoms with van der Waals surface area (Å²) >= 11 is 0. The van der Waals surface area contributed by atoms with Crippen LogP contribution in [0.25, 0.3) is 0 Å². The molecule has 2 atom stereocenters. The first kappa shape index (κ1) is 16.4. The van der Waals surface area contributed by atoms with E-state index in [9.17, 15) is 9.90 Å². The molecule has 0 aromatic heterocycles. The van der Waals surface area contributed by atoms with Crippen LogP contribution in [0.4, 0.5) is 0 Å². The van der Waals surface area contributed by atoms with E-state index < -0.39 is 11.5 Å². The standard InChI is InChI=1S/C15H30N2O2/c1-6-16-15(5,14(18)19)9-12(4)17(11(2)3)10-13-7-8-13/h11-13,16H,6-10H2,1-5H3,(H,18,19). The summed E-state index contributed by atoms with van der Waals surface area (Å²) in [7, 11) is 0. The molecule has 0 aromatic carbocycles. The van der Waals surface area contributed by atoms with Crippen LogP contribution >= 0.6 is 0 Å². The average Bonchev–Trinajstić information content (AvgIpc) is 3.08. The van der Waals surface area contributed by atoms with Crippen LogP contribution in [-0.2, 0) is 4.79 Å². The molecule has 1 rings (SSSR count). The Labute approximate surface area is 117 Å². The molecule has 0 spiro atoms. The molecule has 0 bridgehead atoms. The van der Waals surface area contributed by atoms with E-state index in [0.717, 1.165) is 12.5 Å². The molecule has 1 aliphatic rings. The molecule has 2 unspecified atom stereocenters. The van der Waals surface area contributed by atoms with E-state index in [4.69, 9.17) is 0 Å². The minimum Gasteiger partial charge on any atom is -0.480 e. The van der Waals surface area contributed by atoms with Crippen molar-refractivity contribution in [3.63, 3.8) is 0 Å². The van der Waals surface area contributed by atoms with Gasteiger partial charge in [-0.15, -0.1) is 0 Å². The normalized spacial score (nSPS) is 20.6. The predicted molar refractivity (Wildman–Crippen MR) is 78.4 cm³/mol. The molecule has 0 radical (unpaired) electrons. The van der Waals surface area contributed by atoms with Crippen LogP contribution in [0.15, 0.2) is 0 Å². The Bertz CT molecular complexity index is 303. The third-order valence-electron chi connectivity index (χ3n) is 4.14. The molecule has 112 valence electrons. The van der Waals surface area contributed by atoms with Crippen molar-refractivity contribution in [2.24, 2.45) is 5.92 Å². The second-order valence-electron chi connectivity index (χ2n) is 6.45. The molecule has 1 saturated carbocycles. The molecule has 1 fully saturated rings. The van der Waals surface area contributed by atoms with Crippen molar-refractivity contribution >= 4 is 5.97 Å². The van der Waals surface area contributed by atoms with Crippen LogP contribution in [0.1, 0.15) is 53.9 Å². The number of likely N-dealkylation sites (N-methyl/N-ethyl adjacent to an activating group) is 1. The van der Waals surface area contributed by atoms with Gasteiger partial charge in [-0.25, -0.2) is 0 Å². The van der Waals surface area contributed by atoms with Crippen LogP contribution < -0.4 is 5.32 Å². The molecule has 19 heavy (non-hydrogen) atoms. The van der Waals surface area contributed by atoms with Crippen molar-refractivity contribution in [1.82, 2.24) is 10.2 Å². The maximum Gasteiger partial charge on any atom is 0.323 e. The fourth-order valence-corrected chi connectivity index (χ4v) is 2.83. The van der Waals surface area contributed by atoms with E-state index in [1.165, 1.54) is 12.8 Å². The number of nitrogens with zero attached hydrogens (tertiary/aromatic N) is 1. The summed E-state index contributed by atoms with van der Waals surface area (Å²) in [6.45, 7) is 12.1. The molecule has 4 nitrogen and oxygen atoms in total. The number of aliphatic carboxylic acids is 1. The third kappa shape index (κ3) is 4.77. The van der Waals surface area contributed by atoms with E-state index in [2.05, 4.69) is 31.0 Å². The lowest BCUT2D eigenvalue weighted by Gasteiger charge is -2.37. The Hall–Kier alpha value is -0.610. The van der Waals surface area contributed by atoms with Crippen molar-refractivity contribution in [1.29, 1.82) is 0 Å². The number of nitrogens with one attached hydrogen (secondary N) is 1. The van der Waals surface area contributed by atoms with Crippen molar-refractivity contribution in [2.45, 2.75) is 71.5 Å². The monoisotopic (exact) mass is 270 g/mol. The van der Waals surface area contributed by atoms with Gasteiger partial charge in [0.1, 0.15) is 5.54 Å². The summed E-state index contributed by atoms with van der Waals surface area (Å²) < 4.78 is 0. The Morgan fingerprint density at radius 1 is 1.42 bits per heavy atom. The van der Waals surface area contributed by atoms with Crippen LogP contribution in [0.3, 0.4) is 0 Å². The summed E-state index contributed by atoms with van der Waals surface area (Å²) in [5, 5.41) is 12.6. The Morgan fingerprint density at radius 2 is 2.00 bits per heavy atom. The zero-order valence-corrected chi connectivity index (χ0v) is 13.1. The van der Waals surface area contributed by atoms with Crippen LogP contribution in [0, 0.1) is 5.92 Å². The molecule has 0 heterocycles. The minimum atomic E-state index is -0.829. The highest BCUT2D eigenvalue weighted by Crippen LogP contribution is 2.32. The van der Waals surface area contributed by atoms with Crippen molar-refractivity contribution in [3.05, 3.63) is 0 Å². The molecule has 0 saturated heterocycles. The van der Waals surface area contributed by atoms with Gasteiger partial charge in [0, 0.05) is 18.6 Å². The highest BCUT2D eigenvalue weighted by molar-refractivity contribution is 5.78. The fraction of sp³-hybridized carbons (Fsp3) is 0.933. The SMILES string of the molecule is CCNC(C)(CC(C)N(CC1CC1)C(C)C)C(=O)O. The lowest BCUT2D eigenvalue weighted by Crippen LogP contribution is -2.54. The smallest absolute Gasteiger partial charge is 0.323 e. The van der Waals surface area contributed by atoms with Gasteiger partial charge in [0.25, 0.3) is 0 Å². The van der Waals surface area contributed by atoms with Crippen LogP contribution in [0.5, 0.6) is 0 Å². The molecule has 0 aromatic rings. The number of hydrogen-bond acceptors (Lipinski definition) is 3. The number of carboxylic acids is 1. The van der Waals surface area contributed by atoms with Gasteiger partial charge in [-0.1, -0.05) is 6.92 Å². The average molecular weight is 270 g/mol. The molecular formula is C15H30N2O2. The van der Waals surface area contributed by atoms with Gasteiger partial charge in [-0.2, -0.15) is 0 Å². The van der Waals surface area contributed by atoms with E-state index in [0.29, 0.717) is 19.0 Å². The lowest BCUT2D eigenvalue weighted by atomic mass is 9.92. The summed E-state index contributed by atoms with van der Waals surface area (Å²) in [4.78, 5) is 13.9. The van der Waals surface area contributed by atoms with Crippen molar-refractivity contribution < 1.29 is 9.90 Å². The predicted octanol–water partition coefficient (Wildman–Crippen LogP) is 2.34. The number of rotatable bonds is 9. The topological polar surface area (TPSA) is 52.6 Å². The Balaban J connectivity index is 2.66. The zero-order valence-electron chi connectivity index (χ0n) is 13.1. The second-order valence-corrected chi connectivity index (χ2v) is 6.45. The maximum absolute atomic E-state index is 11.5. The first-order valence-corrected chi connectivity index (χ1v) is 7.54. The van der Waals surface area contributed by atoms with Gasteiger partial charge in [0.15, 0.2) is 0 Å². The van der Waals surface area contributed by atoms with Gasteiger partial charge in [-0.05, 0) is 59.4 Å². The first-order chi connectivity index (χ1) is 8.80. The summed E-state index contributed by atoms with van der Waals surface area (Å²) in [5.74, 6) is 0.0800. The summed E-state index contributed by atoms with van der Waals surface area (Å²) in [6.07, 6.45) is 3.31. The van der Waals surface area contributed by atoms with Gasteiger partial charge < -0.3 is 10.4 Å². The lowest BCUT2D eigenvalue weighted by molar-refractivity contribution is -0.145. The number of carboxylic acid groups (broad SMARTS) is 1. The highest BCUT2D eigenvalue weighted by atomic mass is 16.4. The van der Waals surface area contributed by atoms with Crippen molar-refractivity contribution in [2.75, 3.05) is 13.1 Å². The summed E-state index contributed by atoms with van der Waals surface area (Å²) in [5.41, 5.74) is -0.829. The van der Waals surface area contributed by atoms with E-state index >= 15 is 0 Å². The summed E-state index contributed by atoms with van der Waals surface area (Å²) in [6, 6.07) is 0.746. The van der Waals surface area contributed by atoms with Crippen molar-refractivity contribution in [3.8, 4) is 0 Å². The van der Waals surface area contributed by atoms with E-state index in [1.54, 1.807) is 6.92 Å². The van der Waals surface area contributed by atoms with E-state index in [-0.39, 0.29) is 6.04 Å². The third-order valence-corrected chi connectivity index (χ3v) is 4.14. The Kier molecular flexibility index (Phi) is 5.81. The molecular weight excluding hydrogens is 240 g/mol. The Morgan fingerprint density at radius 3 is 2.37 bits per heavy atom. The van der Waals surface area contributed by atoms with Gasteiger partial charge in [0.05, 0.1) is 0 Å². The van der Waals surface area contributed by atoms with Crippen LogP contribution in [-0.4, -0.2) is 46.7 Å². The second kappa shape index (κ2) is 6.71. The van der Waals surface area contributed by atoms with Gasteiger partial charge >= 0.3 is 5.97 Å². The number of hydrogen-bond donors (Lipinski definition) is 2.